The van der Waals surface area contributed by atoms with Crippen molar-refractivity contribution in [1.82, 2.24) is 5.06 Å². The molecule has 1 fully saturated rings. The Kier molecular flexibility index (Phi) is 4.22. The molecule has 2 amide bonds. The second-order valence-electron chi connectivity index (χ2n) is 4.26. The van der Waals surface area contributed by atoms with Gasteiger partial charge in [0.2, 0.25) is 0 Å². The van der Waals surface area contributed by atoms with Crippen LogP contribution in [0.3, 0.4) is 0 Å². The van der Waals surface area contributed by atoms with Crippen molar-refractivity contribution < 1.29 is 29.1 Å². The van der Waals surface area contributed by atoms with Gasteiger partial charge in [0.1, 0.15) is 0 Å². The summed E-state index contributed by atoms with van der Waals surface area (Å²) in [5, 5.41) is 9.91. The molecular weight excluding hydrogens is 278 g/mol. The lowest BCUT2D eigenvalue weighted by Gasteiger charge is -2.10. The van der Waals surface area contributed by atoms with E-state index in [4.69, 9.17) is 4.74 Å². The Morgan fingerprint density at radius 3 is 2.57 bits per heavy atom. The van der Waals surface area contributed by atoms with Crippen LogP contribution in [0.15, 0.2) is 24.3 Å². The van der Waals surface area contributed by atoms with Crippen molar-refractivity contribution >= 4 is 23.9 Å². The number of amides is 2. The van der Waals surface area contributed by atoms with Gasteiger partial charge in [0.05, 0.1) is 7.11 Å². The second kappa shape index (κ2) is 6.08. The number of phenols is 1. The standard InChI is InChI=1S/C14H13NO6/c1-20-11-8-9(2-4-10(11)16)3-7-14(19)21-15-12(17)5-6-13(15)18/h2-4,7-8,16H,5-6H2,1H3. The van der Waals surface area contributed by atoms with Crippen molar-refractivity contribution in [2.75, 3.05) is 7.11 Å². The van der Waals surface area contributed by atoms with E-state index in [9.17, 15) is 19.5 Å². The number of ether oxygens (including phenoxy) is 1. The highest BCUT2D eigenvalue weighted by molar-refractivity contribution is 6.02. The van der Waals surface area contributed by atoms with E-state index in [2.05, 4.69) is 4.84 Å². The van der Waals surface area contributed by atoms with Gasteiger partial charge in [-0.1, -0.05) is 6.07 Å². The van der Waals surface area contributed by atoms with Crippen molar-refractivity contribution in [3.8, 4) is 11.5 Å². The van der Waals surface area contributed by atoms with Gasteiger partial charge in [-0.25, -0.2) is 4.79 Å². The van der Waals surface area contributed by atoms with E-state index in [-0.39, 0.29) is 24.3 Å². The number of methoxy groups -OCH3 is 1. The fraction of sp³-hybridized carbons (Fsp3) is 0.214. The highest BCUT2D eigenvalue weighted by Crippen LogP contribution is 2.26. The lowest BCUT2D eigenvalue weighted by molar-refractivity contribution is -0.193. The predicted molar refractivity (Wildman–Crippen MR) is 70.9 cm³/mol. The van der Waals surface area contributed by atoms with E-state index in [0.717, 1.165) is 6.08 Å². The summed E-state index contributed by atoms with van der Waals surface area (Å²) >= 11 is 0. The number of hydrogen-bond acceptors (Lipinski definition) is 6. The summed E-state index contributed by atoms with van der Waals surface area (Å²) in [4.78, 5) is 38.8. The third kappa shape index (κ3) is 3.38. The number of imide groups is 1. The third-order valence-corrected chi connectivity index (χ3v) is 2.80. The van der Waals surface area contributed by atoms with E-state index >= 15 is 0 Å². The summed E-state index contributed by atoms with van der Waals surface area (Å²) in [6.07, 6.45) is 2.58. The summed E-state index contributed by atoms with van der Waals surface area (Å²) in [6, 6.07) is 4.50. The SMILES string of the molecule is COc1cc(C=CC(=O)ON2C(=O)CCC2=O)ccc1O. The minimum absolute atomic E-state index is 0.0227. The fourth-order valence-electron chi connectivity index (χ4n) is 1.74. The van der Waals surface area contributed by atoms with E-state index in [1.807, 2.05) is 0 Å². The van der Waals surface area contributed by atoms with Crippen molar-refractivity contribution in [2.45, 2.75) is 12.8 Å². The Morgan fingerprint density at radius 1 is 1.29 bits per heavy atom. The van der Waals surface area contributed by atoms with Gasteiger partial charge in [-0.15, -0.1) is 5.06 Å². The molecule has 7 heteroatoms. The summed E-state index contributed by atoms with van der Waals surface area (Å²) in [5.74, 6) is -1.67. The topological polar surface area (TPSA) is 93.1 Å². The molecule has 0 bridgehead atoms. The number of carbonyl (C=O) groups is 3. The average molecular weight is 291 g/mol. The number of aromatic hydroxyl groups is 1. The van der Waals surface area contributed by atoms with Gasteiger partial charge < -0.3 is 14.7 Å². The Morgan fingerprint density at radius 2 is 1.95 bits per heavy atom. The molecular formula is C14H13NO6. The van der Waals surface area contributed by atoms with Crippen LogP contribution in [0.5, 0.6) is 11.5 Å². The molecule has 7 nitrogen and oxygen atoms in total. The zero-order valence-electron chi connectivity index (χ0n) is 11.2. The molecule has 0 aliphatic carbocycles. The Labute approximate surface area is 120 Å². The molecule has 0 atom stereocenters. The van der Waals surface area contributed by atoms with Gasteiger partial charge in [0, 0.05) is 18.9 Å². The number of nitrogens with zero attached hydrogens (tertiary/aromatic N) is 1. The van der Waals surface area contributed by atoms with Gasteiger partial charge in [-0.05, 0) is 23.8 Å². The molecule has 1 aromatic carbocycles. The van der Waals surface area contributed by atoms with Gasteiger partial charge in [0.25, 0.3) is 11.8 Å². The monoisotopic (exact) mass is 291 g/mol. The number of rotatable bonds is 4. The van der Waals surface area contributed by atoms with E-state index in [0.29, 0.717) is 10.6 Å². The van der Waals surface area contributed by atoms with Gasteiger partial charge in [-0.2, -0.15) is 0 Å². The number of phenolic OH excluding ortho intramolecular Hbond substituents is 1. The van der Waals surface area contributed by atoms with Gasteiger partial charge in [-0.3, -0.25) is 9.59 Å². The van der Waals surface area contributed by atoms with Crippen LogP contribution in [0.25, 0.3) is 6.08 Å². The van der Waals surface area contributed by atoms with Crippen LogP contribution in [-0.4, -0.2) is 35.1 Å². The van der Waals surface area contributed by atoms with Crippen LogP contribution < -0.4 is 4.74 Å². The van der Waals surface area contributed by atoms with E-state index in [1.165, 1.54) is 25.3 Å². The molecule has 0 saturated carbocycles. The lowest BCUT2D eigenvalue weighted by atomic mass is 10.2. The van der Waals surface area contributed by atoms with Crippen LogP contribution in [0.1, 0.15) is 18.4 Å². The molecule has 1 N–H and O–H groups in total. The molecule has 0 unspecified atom stereocenters. The minimum atomic E-state index is -0.842. The zero-order valence-corrected chi connectivity index (χ0v) is 11.2. The number of benzene rings is 1. The maximum Gasteiger partial charge on any atom is 0.356 e. The molecule has 110 valence electrons. The quantitative estimate of drug-likeness (QED) is 0.657. The molecule has 1 heterocycles. The minimum Gasteiger partial charge on any atom is -0.504 e. The Bertz CT molecular complexity index is 606. The van der Waals surface area contributed by atoms with E-state index < -0.39 is 17.8 Å². The molecule has 0 aromatic heterocycles. The van der Waals surface area contributed by atoms with Crippen molar-refractivity contribution in [3.05, 3.63) is 29.8 Å². The fourth-order valence-corrected chi connectivity index (χ4v) is 1.74. The summed E-state index contributed by atoms with van der Waals surface area (Å²) in [6.45, 7) is 0. The average Bonchev–Trinajstić information content (AvgIpc) is 2.78. The van der Waals surface area contributed by atoms with Crippen LogP contribution in [0, 0.1) is 0 Å². The number of hydrogen-bond donors (Lipinski definition) is 1. The summed E-state index contributed by atoms with van der Waals surface area (Å²) < 4.78 is 4.93. The zero-order chi connectivity index (χ0) is 15.4. The van der Waals surface area contributed by atoms with Crippen LogP contribution >= 0.6 is 0 Å². The second-order valence-corrected chi connectivity index (χ2v) is 4.26. The van der Waals surface area contributed by atoms with E-state index in [1.54, 1.807) is 6.07 Å². The molecule has 0 spiro atoms. The third-order valence-electron chi connectivity index (χ3n) is 2.80. The maximum absolute atomic E-state index is 11.5. The highest BCUT2D eigenvalue weighted by atomic mass is 16.7. The maximum atomic E-state index is 11.5. The molecule has 1 saturated heterocycles. The van der Waals surface area contributed by atoms with Crippen molar-refractivity contribution in [3.63, 3.8) is 0 Å². The van der Waals surface area contributed by atoms with Gasteiger partial charge in [0.15, 0.2) is 11.5 Å². The van der Waals surface area contributed by atoms with Crippen LogP contribution in [0.4, 0.5) is 0 Å². The largest absolute Gasteiger partial charge is 0.504 e. The summed E-state index contributed by atoms with van der Waals surface area (Å²) in [7, 11) is 1.40. The predicted octanol–water partition coefficient (Wildman–Crippen LogP) is 1.02. The molecule has 1 aliphatic heterocycles. The molecule has 1 aliphatic rings. The first kappa shape index (κ1) is 14.6. The number of carbonyl (C=O) groups excluding carboxylic acids is 3. The first-order valence-corrected chi connectivity index (χ1v) is 6.14. The highest BCUT2D eigenvalue weighted by Gasteiger charge is 2.32. The molecule has 2 rings (SSSR count). The first-order chi connectivity index (χ1) is 10.0. The van der Waals surface area contributed by atoms with Crippen molar-refractivity contribution in [2.24, 2.45) is 0 Å². The molecule has 21 heavy (non-hydrogen) atoms. The van der Waals surface area contributed by atoms with Crippen LogP contribution in [0.2, 0.25) is 0 Å². The van der Waals surface area contributed by atoms with Crippen molar-refractivity contribution in [1.29, 1.82) is 0 Å². The first-order valence-electron chi connectivity index (χ1n) is 6.14. The smallest absolute Gasteiger partial charge is 0.356 e. The summed E-state index contributed by atoms with van der Waals surface area (Å²) in [5.41, 5.74) is 0.584. The Hall–Kier alpha value is -2.83. The molecule has 1 aromatic rings. The number of hydroxylamine groups is 2. The van der Waals surface area contributed by atoms with Crippen LogP contribution in [-0.2, 0) is 19.2 Å². The Balaban J connectivity index is 2.02. The van der Waals surface area contributed by atoms with Gasteiger partial charge >= 0.3 is 5.97 Å². The lowest BCUT2D eigenvalue weighted by Crippen LogP contribution is -2.31. The normalized spacial score (nSPS) is 14.8. The molecule has 0 radical (unpaired) electrons.